The first-order valence-corrected chi connectivity index (χ1v) is 10.3. The monoisotopic (exact) mass is 431 g/mol. The topological polar surface area (TPSA) is 108 Å². The van der Waals surface area contributed by atoms with Gasteiger partial charge in [0.25, 0.3) is 11.5 Å². The molecule has 0 saturated carbocycles. The zero-order valence-corrected chi connectivity index (χ0v) is 17.7. The lowest BCUT2D eigenvalue weighted by Gasteiger charge is -2.10. The van der Waals surface area contributed by atoms with Gasteiger partial charge in [-0.3, -0.25) is 14.2 Å². The van der Waals surface area contributed by atoms with Gasteiger partial charge in [-0.2, -0.15) is 0 Å². The van der Waals surface area contributed by atoms with Gasteiger partial charge in [0.1, 0.15) is 17.0 Å². The van der Waals surface area contributed by atoms with Crippen LogP contribution in [0.1, 0.15) is 33.3 Å². The van der Waals surface area contributed by atoms with Gasteiger partial charge in [0, 0.05) is 24.5 Å². The Labute approximate surface area is 182 Å². The van der Waals surface area contributed by atoms with Crippen LogP contribution in [-0.4, -0.2) is 31.6 Å². The van der Waals surface area contributed by atoms with Crippen LogP contribution in [0.2, 0.25) is 0 Å². The van der Waals surface area contributed by atoms with E-state index in [0.717, 1.165) is 22.5 Å². The molecular weight excluding hydrogens is 410 g/mol. The van der Waals surface area contributed by atoms with E-state index >= 15 is 0 Å². The average molecular weight is 431 g/mol. The largest absolute Gasteiger partial charge is 0.454 e. The van der Waals surface area contributed by atoms with Crippen LogP contribution < -0.4 is 10.9 Å². The van der Waals surface area contributed by atoms with Gasteiger partial charge in [-0.25, -0.2) is 4.98 Å². The standard InChI is InChI=1S/C23H21N5O4/c1-14-17(15(2)32-26-14)9-11-25-22(29)20-8-7-16(31-20)13-28-21-18(5-3-10-24-21)27-12-4-6-19(27)23(28)30/h3-8,10,12H,9,11,13H2,1-2H3,(H,25,29). The number of nitrogens with one attached hydrogen (secondary N) is 1. The number of aromatic nitrogens is 4. The molecule has 0 spiro atoms. The number of furan rings is 1. The number of aryl methyl sites for hydroxylation is 2. The normalized spacial score (nSPS) is 11.4. The van der Waals surface area contributed by atoms with Crippen molar-refractivity contribution in [2.45, 2.75) is 26.8 Å². The highest BCUT2D eigenvalue weighted by atomic mass is 16.5. The minimum Gasteiger partial charge on any atom is -0.454 e. The molecule has 0 atom stereocenters. The molecule has 5 aromatic rings. The molecule has 0 radical (unpaired) electrons. The lowest BCUT2D eigenvalue weighted by Crippen LogP contribution is -2.25. The minimum atomic E-state index is -0.319. The van der Waals surface area contributed by atoms with E-state index in [1.807, 2.05) is 42.6 Å². The van der Waals surface area contributed by atoms with Gasteiger partial charge in [0.15, 0.2) is 11.4 Å². The Morgan fingerprint density at radius 2 is 1.97 bits per heavy atom. The first-order valence-electron chi connectivity index (χ1n) is 10.3. The van der Waals surface area contributed by atoms with Crippen LogP contribution in [0.3, 0.4) is 0 Å². The zero-order valence-electron chi connectivity index (χ0n) is 17.7. The molecule has 5 heterocycles. The second kappa shape index (κ2) is 7.84. The van der Waals surface area contributed by atoms with Gasteiger partial charge in [-0.15, -0.1) is 0 Å². The number of hydrogen-bond donors (Lipinski definition) is 1. The van der Waals surface area contributed by atoms with Crippen LogP contribution in [0.5, 0.6) is 0 Å². The summed E-state index contributed by atoms with van der Waals surface area (Å²) in [4.78, 5) is 29.9. The number of rotatable bonds is 6. The summed E-state index contributed by atoms with van der Waals surface area (Å²) in [6.45, 7) is 4.32. The maximum Gasteiger partial charge on any atom is 0.287 e. The first-order chi connectivity index (χ1) is 15.5. The van der Waals surface area contributed by atoms with Crippen molar-refractivity contribution in [3.63, 3.8) is 0 Å². The Balaban J connectivity index is 1.35. The molecule has 1 N–H and O–H groups in total. The Morgan fingerprint density at radius 3 is 2.78 bits per heavy atom. The minimum absolute atomic E-state index is 0.167. The molecule has 5 rings (SSSR count). The second-order valence-corrected chi connectivity index (χ2v) is 7.58. The highest BCUT2D eigenvalue weighted by Gasteiger charge is 2.16. The fraction of sp³-hybridized carbons (Fsp3) is 0.217. The number of nitrogens with zero attached hydrogens (tertiary/aromatic N) is 4. The third-order valence-corrected chi connectivity index (χ3v) is 5.54. The number of amides is 1. The molecular formula is C23H21N5O4. The van der Waals surface area contributed by atoms with Gasteiger partial charge in [-0.05, 0) is 56.7 Å². The molecule has 0 saturated heterocycles. The summed E-state index contributed by atoms with van der Waals surface area (Å²) in [5, 5.41) is 6.76. The van der Waals surface area contributed by atoms with Crippen molar-refractivity contribution in [3.8, 4) is 0 Å². The molecule has 9 nitrogen and oxygen atoms in total. The van der Waals surface area contributed by atoms with E-state index in [9.17, 15) is 9.59 Å². The molecule has 0 aliphatic rings. The van der Waals surface area contributed by atoms with Gasteiger partial charge in [0.05, 0.1) is 17.8 Å². The number of fused-ring (bicyclic) bond motifs is 3. The number of hydrogen-bond acceptors (Lipinski definition) is 6. The van der Waals surface area contributed by atoms with Crippen molar-refractivity contribution < 1.29 is 13.7 Å². The Bertz CT molecular complexity index is 1480. The SMILES string of the molecule is Cc1noc(C)c1CCNC(=O)c1ccc(Cn2c(=O)c3cccn3c3cccnc32)o1. The maximum atomic E-state index is 13.0. The van der Waals surface area contributed by atoms with Crippen molar-refractivity contribution in [1.82, 2.24) is 24.4 Å². The molecule has 0 aliphatic carbocycles. The Hall–Kier alpha value is -4.14. The van der Waals surface area contributed by atoms with Gasteiger partial charge in [0.2, 0.25) is 0 Å². The third-order valence-electron chi connectivity index (χ3n) is 5.54. The van der Waals surface area contributed by atoms with Crippen molar-refractivity contribution in [2.75, 3.05) is 6.54 Å². The van der Waals surface area contributed by atoms with Gasteiger partial charge in [-0.1, -0.05) is 5.16 Å². The maximum absolute atomic E-state index is 13.0. The summed E-state index contributed by atoms with van der Waals surface area (Å²) in [7, 11) is 0. The molecule has 0 bridgehead atoms. The first kappa shape index (κ1) is 19.8. The van der Waals surface area contributed by atoms with Crippen molar-refractivity contribution >= 4 is 22.6 Å². The second-order valence-electron chi connectivity index (χ2n) is 7.58. The van der Waals surface area contributed by atoms with Crippen molar-refractivity contribution in [2.24, 2.45) is 0 Å². The molecule has 1 amide bonds. The van der Waals surface area contributed by atoms with Crippen LogP contribution in [0, 0.1) is 13.8 Å². The van der Waals surface area contributed by atoms with E-state index in [1.54, 1.807) is 29.0 Å². The number of pyridine rings is 1. The predicted molar refractivity (Wildman–Crippen MR) is 117 cm³/mol. The fourth-order valence-electron chi connectivity index (χ4n) is 3.92. The van der Waals surface area contributed by atoms with Crippen LogP contribution in [0.25, 0.3) is 16.7 Å². The van der Waals surface area contributed by atoms with E-state index < -0.39 is 0 Å². The summed E-state index contributed by atoms with van der Waals surface area (Å²) in [6, 6.07) is 10.6. The summed E-state index contributed by atoms with van der Waals surface area (Å²) >= 11 is 0. The van der Waals surface area contributed by atoms with Gasteiger partial charge < -0.3 is 18.7 Å². The molecule has 9 heteroatoms. The van der Waals surface area contributed by atoms with Crippen molar-refractivity contribution in [1.29, 1.82) is 0 Å². The summed E-state index contributed by atoms with van der Waals surface area (Å²) in [6.07, 6.45) is 4.10. The van der Waals surface area contributed by atoms with E-state index in [0.29, 0.717) is 29.9 Å². The molecule has 0 fully saturated rings. The molecule has 0 aliphatic heterocycles. The number of carbonyl (C=O) groups excluding carboxylic acids is 1. The third kappa shape index (κ3) is 3.37. The lowest BCUT2D eigenvalue weighted by atomic mass is 10.1. The van der Waals surface area contributed by atoms with Gasteiger partial charge >= 0.3 is 0 Å². The molecule has 0 aromatic carbocycles. The highest BCUT2D eigenvalue weighted by molar-refractivity contribution is 5.91. The van der Waals surface area contributed by atoms with Crippen LogP contribution >= 0.6 is 0 Å². The lowest BCUT2D eigenvalue weighted by molar-refractivity contribution is 0.0924. The molecule has 5 aromatic heterocycles. The van der Waals surface area contributed by atoms with E-state index in [1.165, 1.54) is 0 Å². The molecule has 162 valence electrons. The van der Waals surface area contributed by atoms with Crippen LogP contribution in [0.15, 0.2) is 62.5 Å². The smallest absolute Gasteiger partial charge is 0.287 e. The van der Waals surface area contributed by atoms with Crippen molar-refractivity contribution in [3.05, 3.63) is 87.7 Å². The number of carbonyl (C=O) groups is 1. The van der Waals surface area contributed by atoms with Crippen LogP contribution in [0.4, 0.5) is 0 Å². The Morgan fingerprint density at radius 1 is 1.12 bits per heavy atom. The summed E-state index contributed by atoms with van der Waals surface area (Å²) < 4.78 is 14.3. The van der Waals surface area contributed by atoms with E-state index in [4.69, 9.17) is 8.94 Å². The summed E-state index contributed by atoms with van der Waals surface area (Å²) in [5.41, 5.74) is 3.55. The molecule has 32 heavy (non-hydrogen) atoms. The quantitative estimate of drug-likeness (QED) is 0.443. The fourth-order valence-corrected chi connectivity index (χ4v) is 3.92. The Kier molecular flexibility index (Phi) is 4.85. The zero-order chi connectivity index (χ0) is 22.2. The van der Waals surface area contributed by atoms with Crippen LogP contribution in [-0.2, 0) is 13.0 Å². The predicted octanol–water partition coefficient (Wildman–Crippen LogP) is 2.87. The van der Waals surface area contributed by atoms with E-state index in [2.05, 4.69) is 15.5 Å². The highest BCUT2D eigenvalue weighted by Crippen LogP contribution is 2.16. The average Bonchev–Trinajstić information content (AvgIpc) is 3.53. The summed E-state index contributed by atoms with van der Waals surface area (Å²) in [5.74, 6) is 1.11. The molecule has 0 unspecified atom stereocenters. The van der Waals surface area contributed by atoms with E-state index in [-0.39, 0.29) is 23.8 Å².